The number of thiocarbonyl (C=S) groups is 1. The molecule has 0 bridgehead atoms. The molecule has 7 nitrogen and oxygen atoms in total. The van der Waals surface area contributed by atoms with Crippen LogP contribution in [0.15, 0.2) is 58.8 Å². The first-order valence-corrected chi connectivity index (χ1v) is 11.0. The first kappa shape index (κ1) is 22.9. The predicted octanol–water partition coefficient (Wildman–Crippen LogP) is 4.58. The van der Waals surface area contributed by atoms with Gasteiger partial charge in [0.05, 0.1) is 24.8 Å². The molecule has 1 unspecified atom stereocenters. The summed E-state index contributed by atoms with van der Waals surface area (Å²) in [5, 5.41) is 8.08. The lowest BCUT2D eigenvalue weighted by atomic mass is 9.94. The fourth-order valence-corrected chi connectivity index (χ4v) is 4.11. The zero-order valence-corrected chi connectivity index (χ0v) is 19.5. The molecule has 1 aliphatic heterocycles. The van der Waals surface area contributed by atoms with Crippen LogP contribution in [0, 0.1) is 5.82 Å². The molecule has 0 amide bonds. The van der Waals surface area contributed by atoms with Crippen molar-refractivity contribution in [3.8, 4) is 17.1 Å². The van der Waals surface area contributed by atoms with Crippen LogP contribution in [0.2, 0.25) is 0 Å². The Bertz CT molecular complexity index is 1160. The molecule has 0 spiro atoms. The number of nitrogens with one attached hydrogen (secondary N) is 1. The lowest BCUT2D eigenvalue weighted by molar-refractivity contribution is 0.183. The first-order valence-electron chi connectivity index (χ1n) is 10.6. The Morgan fingerprint density at radius 2 is 2.00 bits per heavy atom. The molecule has 3 aromatic rings. The molecule has 1 aliphatic rings. The summed E-state index contributed by atoms with van der Waals surface area (Å²) in [5.74, 6) is 1.07. The number of hydrogen-bond acceptors (Lipinski definition) is 6. The van der Waals surface area contributed by atoms with Gasteiger partial charge in [0, 0.05) is 24.9 Å². The molecule has 2 heterocycles. The van der Waals surface area contributed by atoms with Gasteiger partial charge in [-0.05, 0) is 55.9 Å². The summed E-state index contributed by atoms with van der Waals surface area (Å²) in [4.78, 5) is 6.54. The van der Waals surface area contributed by atoms with Crippen LogP contribution in [0.5, 0.6) is 5.75 Å². The Morgan fingerprint density at radius 1 is 1.21 bits per heavy atom. The van der Waals surface area contributed by atoms with E-state index in [4.69, 9.17) is 26.2 Å². The van der Waals surface area contributed by atoms with Crippen molar-refractivity contribution in [2.24, 2.45) is 0 Å². The van der Waals surface area contributed by atoms with Gasteiger partial charge in [-0.1, -0.05) is 29.4 Å². The fourth-order valence-electron chi connectivity index (χ4n) is 3.76. The molecule has 1 aromatic heterocycles. The van der Waals surface area contributed by atoms with Crippen molar-refractivity contribution in [1.29, 1.82) is 0 Å². The van der Waals surface area contributed by atoms with E-state index in [0.717, 1.165) is 22.6 Å². The van der Waals surface area contributed by atoms with E-state index in [1.165, 1.54) is 12.1 Å². The normalized spacial score (nSPS) is 16.2. The minimum absolute atomic E-state index is 0.312. The Hall–Kier alpha value is -3.30. The predicted molar refractivity (Wildman–Crippen MR) is 127 cm³/mol. The summed E-state index contributed by atoms with van der Waals surface area (Å²) < 4.78 is 30.2. The second-order valence-electron chi connectivity index (χ2n) is 7.46. The molecule has 9 heteroatoms. The van der Waals surface area contributed by atoms with E-state index in [1.54, 1.807) is 19.2 Å². The zero-order valence-electron chi connectivity index (χ0n) is 18.7. The highest BCUT2D eigenvalue weighted by Gasteiger charge is 2.34. The average molecular weight is 469 g/mol. The van der Waals surface area contributed by atoms with E-state index in [9.17, 15) is 4.39 Å². The van der Waals surface area contributed by atoms with Gasteiger partial charge in [0.15, 0.2) is 5.11 Å². The van der Waals surface area contributed by atoms with Crippen molar-refractivity contribution >= 4 is 22.9 Å². The topological polar surface area (TPSA) is 72.7 Å². The van der Waals surface area contributed by atoms with Crippen molar-refractivity contribution in [3.63, 3.8) is 0 Å². The van der Waals surface area contributed by atoms with Gasteiger partial charge >= 0.3 is 0 Å². The van der Waals surface area contributed by atoms with Crippen LogP contribution < -0.4 is 10.1 Å². The summed E-state index contributed by atoms with van der Waals surface area (Å²) >= 11 is 5.65. The zero-order chi connectivity index (χ0) is 23.4. The van der Waals surface area contributed by atoms with Crippen molar-refractivity contribution in [2.45, 2.75) is 19.9 Å². The number of rotatable bonds is 8. The molecule has 33 heavy (non-hydrogen) atoms. The van der Waals surface area contributed by atoms with Crippen molar-refractivity contribution < 1.29 is 18.4 Å². The van der Waals surface area contributed by atoms with E-state index in [2.05, 4.69) is 15.5 Å². The lowest BCUT2D eigenvalue weighted by Crippen LogP contribution is -2.47. The van der Waals surface area contributed by atoms with Crippen LogP contribution >= 0.6 is 12.2 Å². The average Bonchev–Trinajstić information content (AvgIpc) is 3.29. The highest BCUT2D eigenvalue weighted by molar-refractivity contribution is 7.80. The quantitative estimate of drug-likeness (QED) is 0.482. The van der Waals surface area contributed by atoms with Crippen LogP contribution in [0.1, 0.15) is 31.3 Å². The van der Waals surface area contributed by atoms with E-state index in [1.807, 2.05) is 43.0 Å². The summed E-state index contributed by atoms with van der Waals surface area (Å²) in [5.41, 5.74) is 3.17. The van der Waals surface area contributed by atoms with Gasteiger partial charge in [-0.25, -0.2) is 4.39 Å². The minimum atomic E-state index is -0.364. The molecule has 1 atom stereocenters. The molecule has 2 aromatic carbocycles. The highest BCUT2D eigenvalue weighted by Crippen LogP contribution is 2.37. The van der Waals surface area contributed by atoms with Gasteiger partial charge in [-0.2, -0.15) is 4.98 Å². The Balaban J connectivity index is 1.76. The summed E-state index contributed by atoms with van der Waals surface area (Å²) in [6.07, 6.45) is 0. The van der Waals surface area contributed by atoms with E-state index < -0.39 is 0 Å². The van der Waals surface area contributed by atoms with Crippen LogP contribution in [-0.4, -0.2) is 47.0 Å². The van der Waals surface area contributed by atoms with Crippen molar-refractivity contribution in [1.82, 2.24) is 20.4 Å². The van der Waals surface area contributed by atoms with Crippen LogP contribution in [0.4, 0.5) is 4.39 Å². The molecule has 4 rings (SSSR count). The number of aromatic nitrogens is 2. The number of halogens is 1. The molecule has 0 aliphatic carbocycles. The fraction of sp³-hybridized carbons (Fsp3) is 0.292. The van der Waals surface area contributed by atoms with Crippen molar-refractivity contribution in [3.05, 3.63) is 71.5 Å². The number of ether oxygens (including phenoxy) is 2. The molecular weight excluding hydrogens is 443 g/mol. The number of methoxy groups -OCH3 is 1. The first-order chi connectivity index (χ1) is 16.0. The van der Waals surface area contributed by atoms with Gasteiger partial charge < -0.3 is 24.2 Å². The third kappa shape index (κ3) is 4.89. The number of benzene rings is 2. The third-order valence-corrected chi connectivity index (χ3v) is 5.72. The largest absolute Gasteiger partial charge is 0.494 e. The smallest absolute Gasteiger partial charge is 0.258 e. The highest BCUT2D eigenvalue weighted by atomic mass is 32.1. The van der Waals surface area contributed by atoms with E-state index >= 15 is 0 Å². The molecule has 0 saturated carbocycles. The minimum Gasteiger partial charge on any atom is -0.494 e. The third-order valence-electron chi connectivity index (χ3n) is 5.38. The SMILES string of the molecule is CCOc1ccc(C2NC(=S)N(CCOC)C(C)=C2c2nc(-c3cccc(F)c3)no2)cc1. The molecule has 0 radical (unpaired) electrons. The van der Waals surface area contributed by atoms with E-state index in [0.29, 0.717) is 42.1 Å². The maximum Gasteiger partial charge on any atom is 0.258 e. The van der Waals surface area contributed by atoms with Gasteiger partial charge in [-0.15, -0.1) is 0 Å². The van der Waals surface area contributed by atoms with Gasteiger partial charge in [0.25, 0.3) is 5.89 Å². The number of nitrogens with zero attached hydrogens (tertiary/aromatic N) is 3. The Kier molecular flexibility index (Phi) is 7.00. The summed E-state index contributed by atoms with van der Waals surface area (Å²) in [6, 6.07) is 13.6. The molecular formula is C24H25FN4O3S. The molecule has 172 valence electrons. The van der Waals surface area contributed by atoms with Crippen LogP contribution in [-0.2, 0) is 4.74 Å². The van der Waals surface area contributed by atoms with Crippen LogP contribution in [0.3, 0.4) is 0 Å². The van der Waals surface area contributed by atoms with Gasteiger partial charge in [0.1, 0.15) is 11.6 Å². The van der Waals surface area contributed by atoms with Crippen LogP contribution in [0.25, 0.3) is 17.0 Å². The van der Waals surface area contributed by atoms with Gasteiger partial charge in [0.2, 0.25) is 5.82 Å². The number of hydrogen-bond donors (Lipinski definition) is 1. The standard InChI is InChI=1S/C24H25FN4O3S/c1-4-31-19-10-8-16(9-11-19)21-20(15(2)29(12-13-30-3)24(33)26-21)23-27-22(28-32-23)17-6-5-7-18(25)14-17/h5-11,14,21H,4,12-13H2,1-3H3,(H,26,33). The second-order valence-corrected chi connectivity index (χ2v) is 7.85. The Morgan fingerprint density at radius 3 is 2.70 bits per heavy atom. The van der Waals surface area contributed by atoms with E-state index in [-0.39, 0.29) is 11.9 Å². The van der Waals surface area contributed by atoms with Gasteiger partial charge in [-0.3, -0.25) is 0 Å². The maximum atomic E-state index is 13.7. The van der Waals surface area contributed by atoms with Crippen molar-refractivity contribution in [2.75, 3.05) is 26.9 Å². The second kappa shape index (κ2) is 10.1. The number of allylic oxidation sites excluding steroid dienone is 1. The maximum absolute atomic E-state index is 13.7. The molecule has 1 N–H and O–H groups in total. The summed E-state index contributed by atoms with van der Waals surface area (Å²) in [6.45, 7) is 5.57. The molecule has 0 fully saturated rings. The lowest BCUT2D eigenvalue weighted by Gasteiger charge is -2.37. The summed E-state index contributed by atoms with van der Waals surface area (Å²) in [7, 11) is 1.65. The Labute approximate surface area is 197 Å². The monoisotopic (exact) mass is 468 g/mol. The molecule has 0 saturated heterocycles.